The van der Waals surface area contributed by atoms with E-state index in [1.807, 2.05) is 0 Å². The lowest BCUT2D eigenvalue weighted by Gasteiger charge is -2.44. The van der Waals surface area contributed by atoms with Crippen molar-refractivity contribution < 1.29 is 15.3 Å². The molecule has 0 radical (unpaired) electrons. The minimum Gasteiger partial charge on any atom is -0.387 e. The van der Waals surface area contributed by atoms with Gasteiger partial charge in [0.05, 0.1) is 12.3 Å². The molecule has 0 aromatic carbocycles. The Kier molecular flexibility index (Phi) is 2.67. The van der Waals surface area contributed by atoms with E-state index in [-0.39, 0.29) is 0 Å². The number of aliphatic hydroxyl groups excluding tert-OH is 3. The van der Waals surface area contributed by atoms with E-state index in [1.54, 1.807) is 7.05 Å². The zero-order chi connectivity index (χ0) is 9.46. The summed E-state index contributed by atoms with van der Waals surface area (Å²) in [7, 11) is 1.58. The van der Waals surface area contributed by atoms with Crippen LogP contribution in [0.1, 0.15) is 0 Å². The van der Waals surface area contributed by atoms with Gasteiger partial charge in [-0.25, -0.2) is 0 Å². The molecule has 1 heterocycles. The van der Waals surface area contributed by atoms with E-state index in [0.717, 1.165) is 0 Å². The SMILES string of the molecule is CN1[C@@H](N)[C@H](O)C(O)[C@H](O)[C@@H]1N. The second kappa shape index (κ2) is 3.25. The van der Waals surface area contributed by atoms with Crippen molar-refractivity contribution in [2.24, 2.45) is 11.5 Å². The highest BCUT2D eigenvalue weighted by Crippen LogP contribution is 2.16. The quantitative estimate of drug-likeness (QED) is 0.263. The number of rotatable bonds is 0. The highest BCUT2D eigenvalue weighted by atomic mass is 16.4. The van der Waals surface area contributed by atoms with Crippen LogP contribution in [0.2, 0.25) is 0 Å². The third kappa shape index (κ3) is 1.33. The fourth-order valence-corrected chi connectivity index (χ4v) is 1.29. The molecule has 0 aliphatic carbocycles. The molecule has 0 aromatic heterocycles. The molecule has 1 aliphatic rings. The maximum Gasteiger partial charge on any atom is 0.111 e. The Balaban J connectivity index is 2.76. The Labute approximate surface area is 70.4 Å². The molecule has 0 bridgehead atoms. The monoisotopic (exact) mass is 177 g/mol. The van der Waals surface area contributed by atoms with Crippen LogP contribution in [-0.2, 0) is 0 Å². The molecule has 1 fully saturated rings. The number of hydrogen-bond acceptors (Lipinski definition) is 6. The first-order valence-corrected chi connectivity index (χ1v) is 3.74. The number of likely N-dealkylation sites (tertiary alicyclic amines) is 1. The van der Waals surface area contributed by atoms with Crippen LogP contribution in [-0.4, -0.2) is 57.9 Å². The minimum atomic E-state index is -1.27. The first-order chi connectivity index (χ1) is 5.46. The van der Waals surface area contributed by atoms with Gasteiger partial charge in [0.2, 0.25) is 0 Å². The van der Waals surface area contributed by atoms with E-state index >= 15 is 0 Å². The van der Waals surface area contributed by atoms with Crippen LogP contribution in [0.25, 0.3) is 0 Å². The summed E-state index contributed by atoms with van der Waals surface area (Å²) in [5, 5.41) is 27.8. The third-order valence-electron chi connectivity index (χ3n) is 2.34. The van der Waals surface area contributed by atoms with Gasteiger partial charge in [-0.05, 0) is 7.05 Å². The van der Waals surface area contributed by atoms with Gasteiger partial charge >= 0.3 is 0 Å². The van der Waals surface area contributed by atoms with E-state index in [4.69, 9.17) is 11.5 Å². The normalized spacial score (nSPS) is 51.0. The van der Waals surface area contributed by atoms with Gasteiger partial charge in [-0.2, -0.15) is 0 Å². The number of piperidine rings is 1. The first-order valence-electron chi connectivity index (χ1n) is 3.74. The van der Waals surface area contributed by atoms with Crippen LogP contribution in [0.4, 0.5) is 0 Å². The maximum atomic E-state index is 9.27. The lowest BCUT2D eigenvalue weighted by atomic mass is 9.97. The second-order valence-electron chi connectivity index (χ2n) is 3.12. The van der Waals surface area contributed by atoms with Crippen molar-refractivity contribution in [3.05, 3.63) is 0 Å². The molecular weight excluding hydrogens is 162 g/mol. The molecule has 1 saturated heterocycles. The molecule has 1 unspecified atom stereocenters. The molecule has 7 N–H and O–H groups in total. The Morgan fingerprint density at radius 2 is 1.25 bits per heavy atom. The average molecular weight is 177 g/mol. The van der Waals surface area contributed by atoms with Gasteiger partial charge < -0.3 is 26.8 Å². The van der Waals surface area contributed by atoms with Crippen LogP contribution >= 0.6 is 0 Å². The third-order valence-corrected chi connectivity index (χ3v) is 2.34. The summed E-state index contributed by atoms with van der Waals surface area (Å²) < 4.78 is 0. The highest BCUT2D eigenvalue weighted by molar-refractivity contribution is 4.94. The summed E-state index contributed by atoms with van der Waals surface area (Å²) in [4.78, 5) is 1.42. The van der Waals surface area contributed by atoms with Crippen molar-refractivity contribution in [2.75, 3.05) is 7.05 Å². The fraction of sp³-hybridized carbons (Fsp3) is 1.00. The van der Waals surface area contributed by atoms with Gasteiger partial charge in [-0.3, -0.25) is 4.90 Å². The largest absolute Gasteiger partial charge is 0.387 e. The van der Waals surface area contributed by atoms with Gasteiger partial charge in [-0.15, -0.1) is 0 Å². The number of aliphatic hydroxyl groups is 3. The van der Waals surface area contributed by atoms with Crippen molar-refractivity contribution in [3.8, 4) is 0 Å². The Morgan fingerprint density at radius 3 is 1.58 bits per heavy atom. The van der Waals surface area contributed by atoms with Gasteiger partial charge in [0.25, 0.3) is 0 Å². The van der Waals surface area contributed by atoms with Gasteiger partial charge in [0.15, 0.2) is 0 Å². The summed E-state index contributed by atoms with van der Waals surface area (Å²) >= 11 is 0. The van der Waals surface area contributed by atoms with Crippen LogP contribution in [0.15, 0.2) is 0 Å². The summed E-state index contributed by atoms with van der Waals surface area (Å²) in [6.07, 6.45) is -5.07. The molecule has 1 rings (SSSR count). The Bertz CT molecular complexity index is 110. The minimum absolute atomic E-state index is 0.738. The smallest absolute Gasteiger partial charge is 0.111 e. The summed E-state index contributed by atoms with van der Waals surface area (Å²) in [6.45, 7) is 0. The highest BCUT2D eigenvalue weighted by Gasteiger charge is 2.42. The zero-order valence-electron chi connectivity index (χ0n) is 6.83. The molecular formula is C6H15N3O3. The fourth-order valence-electron chi connectivity index (χ4n) is 1.29. The molecule has 0 aromatic rings. The summed E-state index contributed by atoms with van der Waals surface area (Å²) in [5.41, 5.74) is 11.0. The number of hydrogen-bond donors (Lipinski definition) is 5. The Morgan fingerprint density at radius 1 is 0.917 bits per heavy atom. The van der Waals surface area contributed by atoms with Crippen LogP contribution in [0, 0.1) is 0 Å². The van der Waals surface area contributed by atoms with Crippen LogP contribution in [0.3, 0.4) is 0 Å². The van der Waals surface area contributed by atoms with Crippen LogP contribution < -0.4 is 11.5 Å². The van der Waals surface area contributed by atoms with Gasteiger partial charge in [-0.1, -0.05) is 0 Å². The number of nitrogens with two attached hydrogens (primary N) is 2. The van der Waals surface area contributed by atoms with E-state index in [0.29, 0.717) is 0 Å². The van der Waals surface area contributed by atoms with Crippen molar-refractivity contribution in [1.82, 2.24) is 4.90 Å². The Hall–Kier alpha value is -0.240. The molecule has 0 saturated carbocycles. The second-order valence-corrected chi connectivity index (χ2v) is 3.12. The van der Waals surface area contributed by atoms with E-state index in [2.05, 4.69) is 0 Å². The predicted molar refractivity (Wildman–Crippen MR) is 41.7 cm³/mol. The van der Waals surface area contributed by atoms with E-state index < -0.39 is 30.6 Å². The van der Waals surface area contributed by atoms with Crippen LogP contribution in [0.5, 0.6) is 0 Å². The summed E-state index contributed by atoms with van der Waals surface area (Å²) in [6, 6.07) is 0. The van der Waals surface area contributed by atoms with Crippen molar-refractivity contribution in [1.29, 1.82) is 0 Å². The first kappa shape index (κ1) is 9.85. The molecule has 72 valence electrons. The van der Waals surface area contributed by atoms with Gasteiger partial charge in [0.1, 0.15) is 18.3 Å². The topological polar surface area (TPSA) is 116 Å². The number of likely N-dealkylation sites (N-methyl/N-ethyl adjacent to an activating group) is 1. The average Bonchev–Trinajstić information content (AvgIpc) is 2.08. The van der Waals surface area contributed by atoms with Crippen molar-refractivity contribution >= 4 is 0 Å². The molecule has 0 spiro atoms. The molecule has 0 amide bonds. The summed E-state index contributed by atoms with van der Waals surface area (Å²) in [5.74, 6) is 0. The van der Waals surface area contributed by atoms with Crippen molar-refractivity contribution in [2.45, 2.75) is 30.6 Å². The van der Waals surface area contributed by atoms with Gasteiger partial charge in [0, 0.05) is 0 Å². The standard InChI is InChI=1S/C6H15N3O3/c1-9-5(7)3(11)2(10)4(12)6(9)8/h2-6,10-12H,7-8H2,1H3/t2?,3-,4+,5-,6-/m1/s1. The zero-order valence-corrected chi connectivity index (χ0v) is 6.83. The lowest BCUT2D eigenvalue weighted by molar-refractivity contribution is -0.154. The molecule has 1 aliphatic heterocycles. The molecule has 6 heteroatoms. The van der Waals surface area contributed by atoms with E-state index in [9.17, 15) is 15.3 Å². The predicted octanol–water partition coefficient (Wildman–Crippen LogP) is -3.42. The van der Waals surface area contributed by atoms with E-state index in [1.165, 1.54) is 4.90 Å². The maximum absolute atomic E-state index is 9.27. The molecule has 5 atom stereocenters. The number of nitrogens with zero attached hydrogens (tertiary/aromatic N) is 1. The molecule has 6 nitrogen and oxygen atoms in total. The lowest BCUT2D eigenvalue weighted by Crippen LogP contribution is -2.70. The molecule has 12 heavy (non-hydrogen) atoms. The van der Waals surface area contributed by atoms with Crippen molar-refractivity contribution in [3.63, 3.8) is 0 Å².